The van der Waals surface area contributed by atoms with Gasteiger partial charge in [0.2, 0.25) is 0 Å². The topological polar surface area (TPSA) is 65.4 Å². The van der Waals surface area contributed by atoms with Crippen molar-refractivity contribution in [1.82, 2.24) is 10.2 Å². The lowest BCUT2D eigenvalue weighted by molar-refractivity contribution is -0.0500. The molecule has 5 nitrogen and oxygen atoms in total. The zero-order valence-electron chi connectivity index (χ0n) is 16.3. The first-order valence-corrected chi connectivity index (χ1v) is 10.1. The Morgan fingerprint density at radius 3 is 2.59 bits per heavy atom. The van der Waals surface area contributed by atoms with Gasteiger partial charge in [-0.15, -0.1) is 0 Å². The fourth-order valence-electron chi connectivity index (χ4n) is 4.34. The molecule has 2 aliphatic rings. The third kappa shape index (κ3) is 5.86. The molecule has 0 aromatic heterocycles. The summed E-state index contributed by atoms with van der Waals surface area (Å²) in [5.41, 5.74) is -0.244. The molecule has 0 radical (unpaired) electrons. The number of alkyl halides is 2. The SMILES string of the molecule is N#CC1(CN2CCC(CNC(=O)c3cc(F)cc(OC(F)F)c3)CC2)CCCC1. The highest BCUT2D eigenvalue weighted by Crippen LogP contribution is 2.38. The van der Waals surface area contributed by atoms with Crippen molar-refractivity contribution >= 4 is 5.91 Å². The molecule has 158 valence electrons. The number of halogens is 3. The first-order chi connectivity index (χ1) is 13.9. The van der Waals surface area contributed by atoms with E-state index in [-0.39, 0.29) is 16.7 Å². The van der Waals surface area contributed by atoms with Crippen LogP contribution in [0.3, 0.4) is 0 Å². The largest absolute Gasteiger partial charge is 0.435 e. The lowest BCUT2D eigenvalue weighted by Crippen LogP contribution is -2.43. The number of piperidine rings is 1. The molecule has 0 atom stereocenters. The van der Waals surface area contributed by atoms with Crippen LogP contribution in [0.15, 0.2) is 18.2 Å². The summed E-state index contributed by atoms with van der Waals surface area (Å²) >= 11 is 0. The Kier molecular flexibility index (Phi) is 7.01. The second-order valence-corrected chi connectivity index (χ2v) is 8.08. The average molecular weight is 409 g/mol. The maximum Gasteiger partial charge on any atom is 0.387 e. The molecule has 1 aromatic rings. The fourth-order valence-corrected chi connectivity index (χ4v) is 4.34. The van der Waals surface area contributed by atoms with Crippen molar-refractivity contribution in [1.29, 1.82) is 5.26 Å². The predicted molar refractivity (Wildman–Crippen MR) is 101 cm³/mol. The third-order valence-electron chi connectivity index (χ3n) is 5.94. The van der Waals surface area contributed by atoms with Gasteiger partial charge in [-0.2, -0.15) is 14.0 Å². The number of carbonyl (C=O) groups is 1. The molecule has 1 saturated heterocycles. The van der Waals surface area contributed by atoms with Gasteiger partial charge in [-0.1, -0.05) is 12.8 Å². The van der Waals surface area contributed by atoms with Crippen LogP contribution >= 0.6 is 0 Å². The van der Waals surface area contributed by atoms with Crippen LogP contribution in [0.5, 0.6) is 5.75 Å². The van der Waals surface area contributed by atoms with Gasteiger partial charge >= 0.3 is 6.61 Å². The molecule has 8 heteroatoms. The highest BCUT2D eigenvalue weighted by atomic mass is 19.3. The van der Waals surface area contributed by atoms with Crippen molar-refractivity contribution in [3.8, 4) is 11.8 Å². The summed E-state index contributed by atoms with van der Waals surface area (Å²) in [4.78, 5) is 14.6. The number of hydrogen-bond donors (Lipinski definition) is 1. The Labute approximate surface area is 168 Å². The van der Waals surface area contributed by atoms with E-state index in [1.807, 2.05) is 0 Å². The van der Waals surface area contributed by atoms with E-state index in [4.69, 9.17) is 0 Å². The molecule has 0 bridgehead atoms. The van der Waals surface area contributed by atoms with E-state index in [1.165, 1.54) is 0 Å². The van der Waals surface area contributed by atoms with Crippen molar-refractivity contribution in [2.45, 2.75) is 45.1 Å². The number of nitrogens with one attached hydrogen (secondary N) is 1. The Bertz CT molecular complexity index is 752. The summed E-state index contributed by atoms with van der Waals surface area (Å²) in [6.45, 7) is -0.0504. The van der Waals surface area contributed by atoms with E-state index < -0.39 is 18.3 Å². The number of benzene rings is 1. The van der Waals surface area contributed by atoms with Gasteiger partial charge < -0.3 is 15.0 Å². The Morgan fingerprint density at radius 2 is 1.97 bits per heavy atom. The minimum atomic E-state index is -3.08. The van der Waals surface area contributed by atoms with E-state index in [2.05, 4.69) is 21.0 Å². The smallest absolute Gasteiger partial charge is 0.387 e. The lowest BCUT2D eigenvalue weighted by atomic mass is 9.86. The summed E-state index contributed by atoms with van der Waals surface area (Å²) < 4.78 is 42.4. The van der Waals surface area contributed by atoms with Crippen LogP contribution in [-0.4, -0.2) is 43.6 Å². The van der Waals surface area contributed by atoms with Crippen LogP contribution in [0.25, 0.3) is 0 Å². The van der Waals surface area contributed by atoms with Gasteiger partial charge in [-0.25, -0.2) is 4.39 Å². The molecule has 1 saturated carbocycles. The van der Waals surface area contributed by atoms with Gasteiger partial charge in [-0.3, -0.25) is 4.79 Å². The number of nitrogens with zero attached hydrogens (tertiary/aromatic N) is 2. The average Bonchev–Trinajstić information content (AvgIpc) is 3.15. The maximum atomic E-state index is 13.6. The number of ether oxygens (including phenoxy) is 1. The van der Waals surface area contributed by atoms with E-state index in [0.717, 1.165) is 76.4 Å². The highest BCUT2D eigenvalue weighted by molar-refractivity contribution is 5.94. The second kappa shape index (κ2) is 9.49. The van der Waals surface area contributed by atoms with Crippen molar-refractivity contribution in [2.75, 3.05) is 26.2 Å². The fraction of sp³-hybridized carbons (Fsp3) is 0.619. The Balaban J connectivity index is 1.46. The standard InChI is InChI=1S/C21H26F3N3O2/c22-17-9-16(10-18(11-17)29-20(23)24)19(28)26-12-15-3-7-27(8-4-15)14-21(13-25)5-1-2-6-21/h9-11,15,20H,1-8,12,14H2,(H,26,28). The molecule has 2 fully saturated rings. The molecule has 1 N–H and O–H groups in total. The summed E-state index contributed by atoms with van der Waals surface area (Å²) in [7, 11) is 0. The number of rotatable bonds is 7. The summed E-state index contributed by atoms with van der Waals surface area (Å²) in [5, 5.41) is 12.3. The molecule has 1 aromatic carbocycles. The van der Waals surface area contributed by atoms with Crippen molar-refractivity contribution < 1.29 is 22.7 Å². The molecule has 1 aliphatic carbocycles. The van der Waals surface area contributed by atoms with Crippen LogP contribution in [0.2, 0.25) is 0 Å². The van der Waals surface area contributed by atoms with E-state index >= 15 is 0 Å². The molecule has 1 heterocycles. The highest BCUT2D eigenvalue weighted by Gasteiger charge is 2.36. The third-order valence-corrected chi connectivity index (χ3v) is 5.94. The van der Waals surface area contributed by atoms with Crippen LogP contribution in [0, 0.1) is 28.5 Å². The quantitative estimate of drug-likeness (QED) is 0.741. The minimum Gasteiger partial charge on any atom is -0.435 e. The van der Waals surface area contributed by atoms with E-state index in [1.54, 1.807) is 0 Å². The molecule has 1 amide bonds. The lowest BCUT2D eigenvalue weighted by Gasteiger charge is -2.36. The van der Waals surface area contributed by atoms with Gasteiger partial charge in [0.25, 0.3) is 5.91 Å². The van der Waals surface area contributed by atoms with Gasteiger partial charge in [0, 0.05) is 24.7 Å². The Hall–Kier alpha value is -2.27. The van der Waals surface area contributed by atoms with E-state index in [0.29, 0.717) is 12.5 Å². The molecule has 0 spiro atoms. The van der Waals surface area contributed by atoms with Crippen molar-refractivity contribution in [3.63, 3.8) is 0 Å². The van der Waals surface area contributed by atoms with Crippen LogP contribution < -0.4 is 10.1 Å². The number of carbonyl (C=O) groups excluding carboxylic acids is 1. The normalized spacial score (nSPS) is 19.8. The van der Waals surface area contributed by atoms with Crippen molar-refractivity contribution in [2.24, 2.45) is 11.3 Å². The number of likely N-dealkylation sites (tertiary alicyclic amines) is 1. The Morgan fingerprint density at radius 1 is 1.28 bits per heavy atom. The van der Waals surface area contributed by atoms with Gasteiger partial charge in [-0.05, 0) is 56.8 Å². The molecule has 3 rings (SSSR count). The minimum absolute atomic E-state index is 0.0460. The van der Waals surface area contributed by atoms with E-state index in [9.17, 15) is 23.2 Å². The second-order valence-electron chi connectivity index (χ2n) is 8.08. The first-order valence-electron chi connectivity index (χ1n) is 10.1. The van der Waals surface area contributed by atoms with Gasteiger partial charge in [0.05, 0.1) is 11.5 Å². The first kappa shape index (κ1) is 21.4. The maximum absolute atomic E-state index is 13.6. The van der Waals surface area contributed by atoms with Gasteiger partial charge in [0.1, 0.15) is 11.6 Å². The summed E-state index contributed by atoms with van der Waals surface area (Å²) in [5.74, 6) is -1.40. The number of amides is 1. The monoisotopic (exact) mass is 409 g/mol. The van der Waals surface area contributed by atoms with Crippen LogP contribution in [-0.2, 0) is 0 Å². The zero-order chi connectivity index (χ0) is 20.9. The predicted octanol–water partition coefficient (Wildman–Crippen LogP) is 3.95. The number of nitriles is 1. The summed E-state index contributed by atoms with van der Waals surface area (Å²) in [6.07, 6.45) is 6.02. The number of hydrogen-bond acceptors (Lipinski definition) is 4. The molecular weight excluding hydrogens is 383 g/mol. The molecule has 1 aliphatic heterocycles. The molecule has 0 unspecified atom stereocenters. The summed E-state index contributed by atoms with van der Waals surface area (Å²) in [6, 6.07) is 5.45. The van der Waals surface area contributed by atoms with Crippen LogP contribution in [0.1, 0.15) is 48.9 Å². The van der Waals surface area contributed by atoms with Crippen LogP contribution in [0.4, 0.5) is 13.2 Å². The molecular formula is C21H26F3N3O2. The zero-order valence-corrected chi connectivity index (χ0v) is 16.3. The van der Waals surface area contributed by atoms with Crippen molar-refractivity contribution in [3.05, 3.63) is 29.6 Å². The molecule has 29 heavy (non-hydrogen) atoms. The van der Waals surface area contributed by atoms with Gasteiger partial charge in [0.15, 0.2) is 0 Å².